The third-order valence-electron chi connectivity index (χ3n) is 4.59. The Morgan fingerprint density at radius 1 is 1.21 bits per heavy atom. The maximum absolute atomic E-state index is 13.2. The average molecular weight is 564 g/mol. The summed E-state index contributed by atoms with van der Waals surface area (Å²) in [5, 5.41) is 0.498. The van der Waals surface area contributed by atoms with Gasteiger partial charge in [0, 0.05) is 12.6 Å². The van der Waals surface area contributed by atoms with E-state index in [0.717, 1.165) is 18.1 Å². The van der Waals surface area contributed by atoms with Crippen molar-refractivity contribution < 1.29 is 17.9 Å². The molecule has 0 aliphatic rings. The van der Waals surface area contributed by atoms with Gasteiger partial charge in [0.15, 0.2) is 0 Å². The quantitative estimate of drug-likeness (QED) is 0.150. The molecule has 0 heterocycles. The lowest BCUT2D eigenvalue weighted by Gasteiger charge is -2.16. The largest absolute Gasteiger partial charge is 0.488 e. The molecule has 1 rings (SSSR count). The summed E-state index contributed by atoms with van der Waals surface area (Å²) < 4.78 is 45.8. The molecule has 0 spiro atoms. The van der Waals surface area contributed by atoms with Crippen LogP contribution in [0.2, 0.25) is 0 Å². The van der Waals surface area contributed by atoms with Crippen LogP contribution in [0.4, 0.5) is 13.2 Å². The third-order valence-corrected chi connectivity index (χ3v) is 5.52. The van der Waals surface area contributed by atoms with Gasteiger partial charge in [-0.2, -0.15) is 13.2 Å². The lowest BCUT2D eigenvalue weighted by atomic mass is 9.95. The van der Waals surface area contributed by atoms with Gasteiger partial charge in [-0.05, 0) is 52.7 Å². The zero-order chi connectivity index (χ0) is 26.3. The summed E-state index contributed by atoms with van der Waals surface area (Å²) >= 11 is 9.33. The van der Waals surface area contributed by atoms with Gasteiger partial charge < -0.3 is 4.74 Å². The van der Waals surface area contributed by atoms with Crippen LogP contribution in [0.3, 0.4) is 0 Å². The molecule has 1 unspecified atom stereocenters. The van der Waals surface area contributed by atoms with Gasteiger partial charge >= 0.3 is 6.18 Å². The Balaban J connectivity index is 0.00000529. The Hall–Kier alpha value is -1.86. The van der Waals surface area contributed by atoms with Gasteiger partial charge in [-0.15, -0.1) is 0 Å². The fraction of sp³-hybridized carbons (Fsp3) is 0.462. The van der Waals surface area contributed by atoms with Gasteiger partial charge in [0.05, 0.1) is 10.2 Å². The number of hydrogen-bond donors (Lipinski definition) is 0. The lowest BCUT2D eigenvalue weighted by molar-refractivity contribution is -0.0924. The monoisotopic (exact) mass is 562 g/mol. The van der Waals surface area contributed by atoms with Crippen molar-refractivity contribution in [2.45, 2.75) is 73.6 Å². The zero-order valence-corrected chi connectivity index (χ0v) is 23.1. The molecule has 0 fully saturated rings. The van der Waals surface area contributed by atoms with E-state index in [0.29, 0.717) is 39.5 Å². The number of hydrogen-bond acceptors (Lipinski definition) is 3. The van der Waals surface area contributed by atoms with E-state index in [1.54, 1.807) is 24.3 Å². The van der Waals surface area contributed by atoms with Crippen LogP contribution in [-0.2, 0) is 11.3 Å². The van der Waals surface area contributed by atoms with Crippen LogP contribution < -0.4 is 0 Å². The summed E-state index contributed by atoms with van der Waals surface area (Å²) in [5.74, 6) is 0.263. The number of halogens is 5. The first kappa shape index (κ1) is 32.1. The molecule has 190 valence electrons. The number of alkyl halides is 3. The molecule has 0 saturated heterocycles. The van der Waals surface area contributed by atoms with Gasteiger partial charge in [-0.1, -0.05) is 83.1 Å². The van der Waals surface area contributed by atoms with Crippen molar-refractivity contribution in [1.29, 1.82) is 0 Å². The van der Waals surface area contributed by atoms with Crippen molar-refractivity contribution in [3.63, 3.8) is 0 Å². The first-order valence-electron chi connectivity index (χ1n) is 11.3. The maximum atomic E-state index is 13.2. The van der Waals surface area contributed by atoms with E-state index < -0.39 is 11.9 Å². The topological polar surface area (TPSA) is 34.0 Å². The molecular formula is C26H35BrClF3N2O. The second-order valence-corrected chi connectivity index (χ2v) is 8.41. The lowest BCUT2D eigenvalue weighted by Crippen LogP contribution is -2.17. The fourth-order valence-electron chi connectivity index (χ4n) is 2.55. The molecule has 0 amide bonds. The Bertz CT molecular complexity index is 888. The van der Waals surface area contributed by atoms with E-state index in [9.17, 15) is 13.2 Å². The van der Waals surface area contributed by atoms with Crippen molar-refractivity contribution in [3.8, 4) is 0 Å². The third kappa shape index (κ3) is 11.5. The highest BCUT2D eigenvalue weighted by Gasteiger charge is 2.33. The highest BCUT2D eigenvalue weighted by molar-refractivity contribution is 9.11. The average Bonchev–Trinajstić information content (AvgIpc) is 2.82. The first-order valence-corrected chi connectivity index (χ1v) is 12.5. The number of benzene rings is 1. The highest BCUT2D eigenvalue weighted by atomic mass is 79.9. The number of nitrogens with zero attached hydrogens (tertiary/aromatic N) is 2. The second kappa shape index (κ2) is 16.7. The summed E-state index contributed by atoms with van der Waals surface area (Å²) in [6.07, 6.45) is 0.297. The minimum absolute atomic E-state index is 0.129. The molecule has 8 heteroatoms. The fourth-order valence-corrected chi connectivity index (χ4v) is 3.01. The number of ether oxygens (including phenoxy) is 1. The van der Waals surface area contributed by atoms with Crippen molar-refractivity contribution >= 4 is 38.4 Å². The van der Waals surface area contributed by atoms with Crippen LogP contribution in [0.25, 0.3) is 0 Å². The van der Waals surface area contributed by atoms with Crippen LogP contribution in [0.5, 0.6) is 0 Å². The van der Waals surface area contributed by atoms with Gasteiger partial charge in [-0.3, -0.25) is 0 Å². The van der Waals surface area contributed by atoms with Crippen molar-refractivity contribution in [2.24, 2.45) is 15.9 Å². The molecule has 0 aliphatic carbocycles. The van der Waals surface area contributed by atoms with E-state index in [4.69, 9.17) is 16.3 Å². The first-order chi connectivity index (χ1) is 16.0. The summed E-state index contributed by atoms with van der Waals surface area (Å²) in [6.45, 7) is 15.2. The van der Waals surface area contributed by atoms with Gasteiger partial charge in [0.25, 0.3) is 0 Å². The van der Waals surface area contributed by atoms with Crippen LogP contribution in [0.1, 0.15) is 71.9 Å². The SMILES string of the molecule is C=C(OCc1ccc(C(=N/C(=C\C)C(F)(F)F)C(C)CC)cc1)/C(Br)=C\N=C(Cl)CCC.CC. The van der Waals surface area contributed by atoms with Gasteiger partial charge in [-0.25, -0.2) is 9.98 Å². The molecule has 3 nitrogen and oxygen atoms in total. The Labute approximate surface area is 215 Å². The van der Waals surface area contributed by atoms with Crippen LogP contribution >= 0.6 is 27.5 Å². The van der Waals surface area contributed by atoms with Crippen molar-refractivity contribution in [3.05, 3.63) is 70.2 Å². The molecule has 1 aromatic carbocycles. The van der Waals surface area contributed by atoms with Gasteiger partial charge in [0.2, 0.25) is 0 Å². The van der Waals surface area contributed by atoms with Gasteiger partial charge in [0.1, 0.15) is 23.2 Å². The van der Waals surface area contributed by atoms with Crippen LogP contribution in [0, 0.1) is 5.92 Å². The van der Waals surface area contributed by atoms with Crippen LogP contribution in [-0.4, -0.2) is 17.1 Å². The molecule has 0 bridgehead atoms. The number of rotatable bonds is 11. The minimum atomic E-state index is -4.49. The second-order valence-electron chi connectivity index (χ2n) is 7.12. The van der Waals surface area contributed by atoms with E-state index in [1.165, 1.54) is 13.1 Å². The van der Waals surface area contributed by atoms with E-state index in [1.807, 2.05) is 34.6 Å². The molecular weight excluding hydrogens is 529 g/mol. The normalized spacial score (nSPS) is 14.3. The highest BCUT2D eigenvalue weighted by Crippen LogP contribution is 2.28. The molecule has 0 radical (unpaired) electrons. The molecule has 1 atom stereocenters. The molecule has 34 heavy (non-hydrogen) atoms. The van der Waals surface area contributed by atoms with Crippen molar-refractivity contribution in [1.82, 2.24) is 0 Å². The predicted octanol–water partition coefficient (Wildman–Crippen LogP) is 9.72. The predicted molar refractivity (Wildman–Crippen MR) is 143 cm³/mol. The molecule has 0 aromatic heterocycles. The molecule has 0 saturated carbocycles. The van der Waals surface area contributed by atoms with Crippen LogP contribution in [0.15, 0.2) is 69.0 Å². The summed E-state index contributed by atoms with van der Waals surface area (Å²) in [6, 6.07) is 7.13. The standard InChI is InChI=1S/C24H29BrClF3N2O.C2H6/c1-6-9-22(26)30-14-20(25)17(5)32-15-18-10-12-19(13-11-18)23(16(4)7-2)31-21(8-3)24(27,28)29;1-2/h8,10-14,16H,5-7,9,15H2,1-4H3;1-2H3/b20-14+,21-8-,30-22?,31-23?;. The Kier molecular flexibility index (Phi) is 15.8. The Morgan fingerprint density at radius 2 is 1.79 bits per heavy atom. The molecule has 1 aromatic rings. The van der Waals surface area contributed by atoms with E-state index in [-0.39, 0.29) is 12.5 Å². The minimum Gasteiger partial charge on any atom is -0.488 e. The number of allylic oxidation sites excluding steroid dienone is 3. The van der Waals surface area contributed by atoms with E-state index in [2.05, 4.69) is 32.5 Å². The summed E-state index contributed by atoms with van der Waals surface area (Å²) in [7, 11) is 0. The summed E-state index contributed by atoms with van der Waals surface area (Å²) in [4.78, 5) is 8.08. The van der Waals surface area contributed by atoms with E-state index >= 15 is 0 Å². The smallest absolute Gasteiger partial charge is 0.433 e. The zero-order valence-electron chi connectivity index (χ0n) is 20.8. The summed E-state index contributed by atoms with van der Waals surface area (Å²) in [5.41, 5.74) is 0.997. The maximum Gasteiger partial charge on any atom is 0.433 e. The van der Waals surface area contributed by atoms with Crippen molar-refractivity contribution in [2.75, 3.05) is 0 Å². The molecule has 0 aliphatic heterocycles. The Morgan fingerprint density at radius 3 is 2.26 bits per heavy atom. The molecule has 0 N–H and O–H groups in total. The number of aliphatic imine (C=N–C) groups is 2.